The number of hydrogen-bond donors (Lipinski definition) is 2. The lowest BCUT2D eigenvalue weighted by molar-refractivity contribution is 0.0264. The third-order valence-corrected chi connectivity index (χ3v) is 7.53. The van der Waals surface area contributed by atoms with E-state index in [2.05, 4.69) is 20.7 Å². The molecule has 2 aromatic carbocycles. The van der Waals surface area contributed by atoms with Crippen molar-refractivity contribution >= 4 is 35.0 Å². The number of anilines is 2. The van der Waals surface area contributed by atoms with Crippen molar-refractivity contribution in [3.63, 3.8) is 0 Å². The average molecular weight is 561 g/mol. The molecule has 2 aliphatic heterocycles. The molecule has 1 fully saturated rings. The standard InChI is InChI=1S/C29H26ClFN6O3/c1-18-11-34-37(15-18)16-20-4-2-19(3-5-20)12-33-27(38)21-10-22(14-32-13-21)36-9-8-29(17-36)25-24(35-28(39)40-29)7-6-23(30)26(25)31/h2-7,10-11,13-15H,8-9,12,16-17H2,1H3,(H,33,38)(H,35,39)/t29-/m1/s1. The van der Waals surface area contributed by atoms with E-state index >= 15 is 4.39 Å². The van der Waals surface area contributed by atoms with Crippen molar-refractivity contribution < 1.29 is 18.7 Å². The number of carbonyl (C=O) groups is 2. The third-order valence-electron chi connectivity index (χ3n) is 7.24. The van der Waals surface area contributed by atoms with Crippen molar-refractivity contribution in [1.82, 2.24) is 20.1 Å². The normalized spacial score (nSPS) is 17.9. The average Bonchev–Trinajstić information content (AvgIpc) is 3.56. The van der Waals surface area contributed by atoms with Gasteiger partial charge in [-0.05, 0) is 41.8 Å². The molecule has 0 saturated carbocycles. The Morgan fingerprint density at radius 1 is 1.18 bits per heavy atom. The van der Waals surface area contributed by atoms with Crippen LogP contribution < -0.4 is 15.5 Å². The minimum atomic E-state index is -1.20. The molecule has 6 rings (SSSR count). The van der Waals surface area contributed by atoms with Gasteiger partial charge in [0.05, 0.1) is 53.0 Å². The molecule has 4 heterocycles. The molecule has 40 heavy (non-hydrogen) atoms. The Balaban J connectivity index is 1.12. The van der Waals surface area contributed by atoms with Gasteiger partial charge < -0.3 is 15.0 Å². The third kappa shape index (κ3) is 4.98. The zero-order valence-electron chi connectivity index (χ0n) is 21.7. The number of fused-ring (bicyclic) bond motifs is 2. The van der Waals surface area contributed by atoms with Gasteiger partial charge >= 0.3 is 6.09 Å². The Labute approximate surface area is 234 Å². The molecule has 0 aliphatic carbocycles. The number of carbonyl (C=O) groups excluding carboxylic acids is 2. The number of benzene rings is 2. The first-order valence-electron chi connectivity index (χ1n) is 12.8. The summed E-state index contributed by atoms with van der Waals surface area (Å²) in [5.41, 5.74) is 3.62. The molecule has 4 aromatic rings. The lowest BCUT2D eigenvalue weighted by atomic mass is 9.89. The number of aryl methyl sites for hydroxylation is 1. The Kier molecular flexibility index (Phi) is 6.63. The number of nitrogens with one attached hydrogen (secondary N) is 2. The van der Waals surface area contributed by atoms with Crippen LogP contribution in [0.2, 0.25) is 5.02 Å². The molecule has 0 unspecified atom stereocenters. The summed E-state index contributed by atoms with van der Waals surface area (Å²) in [5.74, 6) is -0.882. The van der Waals surface area contributed by atoms with Crippen LogP contribution in [0.3, 0.4) is 0 Å². The predicted octanol–water partition coefficient (Wildman–Crippen LogP) is 5.03. The maximum absolute atomic E-state index is 15.1. The van der Waals surface area contributed by atoms with Gasteiger partial charge in [-0.3, -0.25) is 19.8 Å². The Hall–Kier alpha value is -4.44. The van der Waals surface area contributed by atoms with E-state index in [9.17, 15) is 9.59 Å². The van der Waals surface area contributed by atoms with Gasteiger partial charge in [0.1, 0.15) is 0 Å². The van der Waals surface area contributed by atoms with E-state index in [4.69, 9.17) is 16.3 Å². The summed E-state index contributed by atoms with van der Waals surface area (Å²) in [6, 6.07) is 12.7. The summed E-state index contributed by atoms with van der Waals surface area (Å²) >= 11 is 6.05. The van der Waals surface area contributed by atoms with Crippen molar-refractivity contribution in [2.24, 2.45) is 0 Å². The van der Waals surface area contributed by atoms with Crippen LogP contribution in [0.5, 0.6) is 0 Å². The molecule has 9 nitrogen and oxygen atoms in total. The molecule has 1 spiro atoms. The largest absolute Gasteiger partial charge is 0.436 e. The predicted molar refractivity (Wildman–Crippen MR) is 148 cm³/mol. The smallest absolute Gasteiger partial charge is 0.412 e. The van der Waals surface area contributed by atoms with Gasteiger partial charge in [-0.1, -0.05) is 35.9 Å². The second-order valence-corrected chi connectivity index (χ2v) is 10.5. The van der Waals surface area contributed by atoms with Crippen molar-refractivity contribution in [2.45, 2.75) is 32.0 Å². The molecule has 2 aromatic heterocycles. The van der Waals surface area contributed by atoms with Crippen LogP contribution in [0.4, 0.5) is 20.6 Å². The van der Waals surface area contributed by atoms with Gasteiger partial charge in [0.25, 0.3) is 5.91 Å². The Morgan fingerprint density at radius 3 is 2.75 bits per heavy atom. The second kappa shape index (κ2) is 10.3. The minimum Gasteiger partial charge on any atom is -0.436 e. The maximum atomic E-state index is 15.1. The molecule has 2 N–H and O–H groups in total. The molecule has 11 heteroatoms. The quantitative estimate of drug-likeness (QED) is 0.343. The van der Waals surface area contributed by atoms with Crippen LogP contribution in [-0.4, -0.2) is 39.9 Å². The molecule has 0 bridgehead atoms. The number of hydrogen-bond acceptors (Lipinski definition) is 6. The Bertz CT molecular complexity index is 1610. The lowest BCUT2D eigenvalue weighted by Gasteiger charge is -2.36. The first kappa shape index (κ1) is 25.8. The van der Waals surface area contributed by atoms with Gasteiger partial charge in [0.2, 0.25) is 0 Å². The van der Waals surface area contributed by atoms with E-state index in [-0.39, 0.29) is 23.0 Å². The lowest BCUT2D eigenvalue weighted by Crippen LogP contribution is -2.42. The molecular weight excluding hydrogens is 535 g/mol. The number of rotatable bonds is 6. The molecule has 1 saturated heterocycles. The fourth-order valence-electron chi connectivity index (χ4n) is 5.27. The van der Waals surface area contributed by atoms with Gasteiger partial charge in [-0.25, -0.2) is 9.18 Å². The molecule has 2 amide bonds. The molecule has 1 atom stereocenters. The van der Waals surface area contributed by atoms with E-state index in [1.165, 1.54) is 12.3 Å². The van der Waals surface area contributed by atoms with E-state index in [1.807, 2.05) is 53.2 Å². The molecular formula is C29H26ClFN6O3. The fourth-order valence-corrected chi connectivity index (χ4v) is 5.42. The van der Waals surface area contributed by atoms with Crippen LogP contribution in [0.15, 0.2) is 67.3 Å². The summed E-state index contributed by atoms with van der Waals surface area (Å²) in [6.45, 7) is 3.70. The zero-order valence-corrected chi connectivity index (χ0v) is 22.4. The van der Waals surface area contributed by atoms with Crippen molar-refractivity contribution in [3.8, 4) is 0 Å². The van der Waals surface area contributed by atoms with Crippen LogP contribution in [0.1, 0.15) is 39.0 Å². The Morgan fingerprint density at radius 2 is 1.98 bits per heavy atom. The zero-order chi connectivity index (χ0) is 27.9. The highest BCUT2D eigenvalue weighted by Gasteiger charge is 2.49. The van der Waals surface area contributed by atoms with Crippen LogP contribution >= 0.6 is 11.6 Å². The maximum Gasteiger partial charge on any atom is 0.412 e. The van der Waals surface area contributed by atoms with Crippen LogP contribution in [0, 0.1) is 12.7 Å². The number of nitrogens with zero attached hydrogens (tertiary/aromatic N) is 4. The first-order valence-corrected chi connectivity index (χ1v) is 13.2. The van der Waals surface area contributed by atoms with Crippen molar-refractivity contribution in [3.05, 3.63) is 106 Å². The van der Waals surface area contributed by atoms with Crippen LogP contribution in [0.25, 0.3) is 0 Å². The first-order chi connectivity index (χ1) is 19.3. The SMILES string of the molecule is Cc1cnn(Cc2ccc(CNC(=O)c3cncc(N4CC[C@]5(C4)OC(=O)Nc4ccc(Cl)c(F)c45)c3)cc2)c1. The van der Waals surface area contributed by atoms with Crippen molar-refractivity contribution in [2.75, 3.05) is 23.3 Å². The van der Waals surface area contributed by atoms with E-state index in [1.54, 1.807) is 18.3 Å². The van der Waals surface area contributed by atoms with E-state index in [0.29, 0.717) is 43.0 Å². The monoisotopic (exact) mass is 560 g/mol. The number of pyridine rings is 1. The highest BCUT2D eigenvalue weighted by Crippen LogP contribution is 2.46. The van der Waals surface area contributed by atoms with Gasteiger partial charge in [0.15, 0.2) is 11.4 Å². The molecule has 2 aliphatic rings. The van der Waals surface area contributed by atoms with Gasteiger partial charge in [-0.15, -0.1) is 0 Å². The van der Waals surface area contributed by atoms with E-state index < -0.39 is 17.5 Å². The number of ether oxygens (including phenoxy) is 1. The number of amides is 2. The summed E-state index contributed by atoms with van der Waals surface area (Å²) in [6.07, 6.45) is 6.66. The highest BCUT2D eigenvalue weighted by atomic mass is 35.5. The van der Waals surface area contributed by atoms with Gasteiger partial charge in [0, 0.05) is 31.9 Å². The minimum absolute atomic E-state index is 0.0423. The topological polar surface area (TPSA) is 101 Å². The fraction of sp³-hybridized carbons (Fsp3) is 0.241. The summed E-state index contributed by atoms with van der Waals surface area (Å²) < 4.78 is 22.6. The summed E-state index contributed by atoms with van der Waals surface area (Å²) in [4.78, 5) is 31.4. The number of aromatic nitrogens is 3. The summed E-state index contributed by atoms with van der Waals surface area (Å²) in [5, 5.41) is 9.76. The van der Waals surface area contributed by atoms with E-state index in [0.717, 1.165) is 16.7 Å². The van der Waals surface area contributed by atoms with Crippen LogP contribution in [-0.2, 0) is 23.4 Å². The highest BCUT2D eigenvalue weighted by molar-refractivity contribution is 6.31. The molecule has 204 valence electrons. The molecule has 0 radical (unpaired) electrons. The van der Waals surface area contributed by atoms with Gasteiger partial charge in [-0.2, -0.15) is 5.10 Å². The van der Waals surface area contributed by atoms with Crippen molar-refractivity contribution in [1.29, 1.82) is 0 Å². The number of halogens is 2. The summed E-state index contributed by atoms with van der Waals surface area (Å²) in [7, 11) is 0. The second-order valence-electron chi connectivity index (χ2n) is 10.1.